The van der Waals surface area contributed by atoms with Crippen LogP contribution in [0.5, 0.6) is 0 Å². The van der Waals surface area contributed by atoms with Crippen LogP contribution in [0.1, 0.15) is 26.2 Å². The highest BCUT2D eigenvalue weighted by Gasteiger charge is 2.30. The topological polar surface area (TPSA) is 69.6 Å². The SMILES string of the molecule is CC1CCCCN1c1ccc(N2CCN(S(=O)(=O)c3ccc(F)c(Cl)c3)CC2)nn1. The number of hydrogen-bond donors (Lipinski definition) is 0. The Kier molecular flexibility index (Phi) is 6.13. The molecule has 30 heavy (non-hydrogen) atoms. The molecule has 2 aliphatic rings. The van der Waals surface area contributed by atoms with Crippen LogP contribution in [0.15, 0.2) is 35.2 Å². The van der Waals surface area contributed by atoms with Gasteiger partial charge in [-0.2, -0.15) is 4.31 Å². The normalized spacial score (nSPS) is 21.1. The summed E-state index contributed by atoms with van der Waals surface area (Å²) in [5.41, 5.74) is 0. The maximum Gasteiger partial charge on any atom is 0.243 e. The zero-order chi connectivity index (χ0) is 21.3. The second kappa shape index (κ2) is 8.64. The Labute approximate surface area is 181 Å². The zero-order valence-corrected chi connectivity index (χ0v) is 18.4. The second-order valence-corrected chi connectivity index (χ2v) is 10.1. The number of halogens is 2. The van der Waals surface area contributed by atoms with E-state index in [0.29, 0.717) is 32.2 Å². The second-order valence-electron chi connectivity index (χ2n) is 7.75. The quantitative estimate of drug-likeness (QED) is 0.708. The van der Waals surface area contributed by atoms with Crippen molar-refractivity contribution in [1.82, 2.24) is 14.5 Å². The van der Waals surface area contributed by atoms with Crippen molar-refractivity contribution >= 4 is 33.3 Å². The monoisotopic (exact) mass is 453 g/mol. The minimum atomic E-state index is -3.72. The molecule has 1 aromatic carbocycles. The lowest BCUT2D eigenvalue weighted by atomic mass is 10.0. The van der Waals surface area contributed by atoms with Crippen LogP contribution in [0.4, 0.5) is 16.0 Å². The first-order valence-electron chi connectivity index (χ1n) is 10.2. The summed E-state index contributed by atoms with van der Waals surface area (Å²) in [5, 5.41) is 8.60. The van der Waals surface area contributed by atoms with E-state index in [2.05, 4.69) is 22.0 Å². The number of sulfonamides is 1. The van der Waals surface area contributed by atoms with Crippen molar-refractivity contribution in [2.45, 2.75) is 37.1 Å². The fourth-order valence-corrected chi connectivity index (χ4v) is 5.72. The number of rotatable bonds is 4. The maximum atomic E-state index is 13.4. The van der Waals surface area contributed by atoms with E-state index in [9.17, 15) is 12.8 Å². The van der Waals surface area contributed by atoms with Crippen LogP contribution in [-0.2, 0) is 10.0 Å². The van der Waals surface area contributed by atoms with Crippen molar-refractivity contribution in [2.75, 3.05) is 42.5 Å². The lowest BCUT2D eigenvalue weighted by Crippen LogP contribution is -2.49. The molecule has 7 nitrogen and oxygen atoms in total. The van der Waals surface area contributed by atoms with Crippen LogP contribution in [0.2, 0.25) is 5.02 Å². The van der Waals surface area contributed by atoms with Crippen LogP contribution in [-0.4, -0.2) is 61.7 Å². The first kappa shape index (κ1) is 21.3. The summed E-state index contributed by atoms with van der Waals surface area (Å²) in [5.74, 6) is 0.993. The predicted molar refractivity (Wildman–Crippen MR) is 115 cm³/mol. The Hall–Kier alpha value is -1.97. The third-order valence-electron chi connectivity index (χ3n) is 5.83. The Balaban J connectivity index is 1.41. The van der Waals surface area contributed by atoms with Crippen LogP contribution >= 0.6 is 11.6 Å². The van der Waals surface area contributed by atoms with Crippen LogP contribution < -0.4 is 9.80 Å². The van der Waals surface area contributed by atoms with Crippen molar-refractivity contribution in [3.8, 4) is 0 Å². The highest BCUT2D eigenvalue weighted by atomic mass is 35.5. The van der Waals surface area contributed by atoms with Gasteiger partial charge in [0, 0.05) is 38.8 Å². The van der Waals surface area contributed by atoms with Gasteiger partial charge in [-0.3, -0.25) is 0 Å². The van der Waals surface area contributed by atoms with Crippen LogP contribution in [0.25, 0.3) is 0 Å². The standard InChI is InChI=1S/C20H25ClFN5O2S/c1-15-4-2-3-9-27(15)20-8-7-19(23-24-20)25-10-12-26(13-11-25)30(28,29)16-5-6-18(22)17(21)14-16/h5-8,14-15H,2-4,9-13H2,1H3. The molecule has 0 bridgehead atoms. The van der Waals surface area contributed by atoms with Gasteiger partial charge in [-0.1, -0.05) is 11.6 Å². The highest BCUT2D eigenvalue weighted by molar-refractivity contribution is 7.89. The number of hydrogen-bond acceptors (Lipinski definition) is 6. The number of anilines is 2. The van der Waals surface area contributed by atoms with Gasteiger partial charge >= 0.3 is 0 Å². The molecule has 1 aromatic heterocycles. The minimum Gasteiger partial charge on any atom is -0.352 e. The van der Waals surface area contributed by atoms with E-state index in [1.807, 2.05) is 17.0 Å². The number of nitrogens with zero attached hydrogens (tertiary/aromatic N) is 5. The first-order chi connectivity index (χ1) is 14.4. The molecule has 0 spiro atoms. The van der Waals surface area contributed by atoms with Crippen molar-refractivity contribution in [2.24, 2.45) is 0 Å². The molecule has 0 N–H and O–H groups in total. The summed E-state index contributed by atoms with van der Waals surface area (Å²) in [6.07, 6.45) is 3.59. The van der Waals surface area contributed by atoms with Crippen molar-refractivity contribution in [1.29, 1.82) is 0 Å². The summed E-state index contributed by atoms with van der Waals surface area (Å²) >= 11 is 5.75. The average molecular weight is 454 g/mol. The third-order valence-corrected chi connectivity index (χ3v) is 8.01. The Morgan fingerprint density at radius 1 is 1.00 bits per heavy atom. The summed E-state index contributed by atoms with van der Waals surface area (Å²) in [4.78, 5) is 4.32. The average Bonchev–Trinajstić information content (AvgIpc) is 2.76. The van der Waals surface area contributed by atoms with Crippen molar-refractivity contribution < 1.29 is 12.8 Å². The van der Waals surface area contributed by atoms with E-state index in [4.69, 9.17) is 11.6 Å². The molecular formula is C20H25ClFN5O2S. The van der Waals surface area contributed by atoms with Gasteiger partial charge in [-0.25, -0.2) is 12.8 Å². The highest BCUT2D eigenvalue weighted by Crippen LogP contribution is 2.26. The maximum absolute atomic E-state index is 13.4. The number of piperidine rings is 1. The molecule has 0 radical (unpaired) electrons. The Morgan fingerprint density at radius 2 is 1.70 bits per heavy atom. The smallest absolute Gasteiger partial charge is 0.243 e. The number of benzene rings is 1. The van der Waals surface area contributed by atoms with E-state index in [-0.39, 0.29) is 9.92 Å². The minimum absolute atomic E-state index is 0.00199. The summed E-state index contributed by atoms with van der Waals surface area (Å²) in [6, 6.07) is 7.89. The van der Waals surface area contributed by atoms with E-state index in [1.54, 1.807) is 0 Å². The van der Waals surface area contributed by atoms with E-state index < -0.39 is 15.8 Å². The van der Waals surface area contributed by atoms with E-state index >= 15 is 0 Å². The van der Waals surface area contributed by atoms with Gasteiger partial charge in [-0.05, 0) is 56.5 Å². The molecule has 2 aromatic rings. The predicted octanol–water partition coefficient (Wildman–Crippen LogP) is 3.16. The molecule has 1 atom stereocenters. The Morgan fingerprint density at radius 3 is 2.33 bits per heavy atom. The lowest BCUT2D eigenvalue weighted by Gasteiger charge is -2.35. The van der Waals surface area contributed by atoms with Crippen molar-refractivity contribution in [3.63, 3.8) is 0 Å². The van der Waals surface area contributed by atoms with Crippen molar-refractivity contribution in [3.05, 3.63) is 41.2 Å². The van der Waals surface area contributed by atoms with Gasteiger partial charge in [0.05, 0.1) is 9.92 Å². The van der Waals surface area contributed by atoms with Crippen LogP contribution in [0.3, 0.4) is 0 Å². The molecule has 2 fully saturated rings. The number of piperazine rings is 1. The Bertz CT molecular complexity index is 997. The third kappa shape index (κ3) is 4.24. The van der Waals surface area contributed by atoms with Gasteiger partial charge in [0.25, 0.3) is 0 Å². The lowest BCUT2D eigenvalue weighted by molar-refractivity contribution is 0.383. The molecule has 3 heterocycles. The molecular weight excluding hydrogens is 429 g/mol. The first-order valence-corrected chi connectivity index (χ1v) is 12.0. The molecule has 0 saturated carbocycles. The molecule has 0 amide bonds. The fraction of sp³-hybridized carbons (Fsp3) is 0.500. The molecule has 4 rings (SSSR count). The van der Waals surface area contributed by atoms with Gasteiger partial charge in [0.2, 0.25) is 10.0 Å². The fourth-order valence-electron chi connectivity index (χ4n) is 4.02. The van der Waals surface area contributed by atoms with E-state index in [1.165, 1.54) is 29.6 Å². The molecule has 1 unspecified atom stereocenters. The zero-order valence-electron chi connectivity index (χ0n) is 16.8. The summed E-state index contributed by atoms with van der Waals surface area (Å²) in [7, 11) is -3.72. The van der Waals surface area contributed by atoms with Gasteiger partial charge in [-0.15, -0.1) is 10.2 Å². The molecule has 2 aliphatic heterocycles. The van der Waals surface area contributed by atoms with E-state index in [0.717, 1.165) is 30.3 Å². The number of aromatic nitrogens is 2. The van der Waals surface area contributed by atoms with Crippen LogP contribution in [0, 0.1) is 5.82 Å². The summed E-state index contributed by atoms with van der Waals surface area (Å²) in [6.45, 7) is 4.83. The van der Waals surface area contributed by atoms with Gasteiger partial charge in [0.1, 0.15) is 5.82 Å². The largest absolute Gasteiger partial charge is 0.352 e. The molecule has 0 aliphatic carbocycles. The molecule has 2 saturated heterocycles. The summed E-state index contributed by atoms with van der Waals surface area (Å²) < 4.78 is 40.4. The van der Waals surface area contributed by atoms with Gasteiger partial charge in [0.15, 0.2) is 11.6 Å². The molecule has 162 valence electrons. The molecule has 10 heteroatoms. The van der Waals surface area contributed by atoms with Gasteiger partial charge < -0.3 is 9.80 Å².